The third-order valence-electron chi connectivity index (χ3n) is 4.92. The normalized spacial score (nSPS) is 18.1. The van der Waals surface area contributed by atoms with Crippen molar-refractivity contribution < 1.29 is 13.2 Å². The third-order valence-corrected chi connectivity index (χ3v) is 6.89. The van der Waals surface area contributed by atoms with Crippen molar-refractivity contribution in [3.05, 3.63) is 66.2 Å². The van der Waals surface area contributed by atoms with Crippen molar-refractivity contribution >= 4 is 15.9 Å². The van der Waals surface area contributed by atoms with Crippen molar-refractivity contribution in [1.82, 2.24) is 9.62 Å². The van der Waals surface area contributed by atoms with E-state index in [2.05, 4.69) is 5.32 Å². The summed E-state index contributed by atoms with van der Waals surface area (Å²) < 4.78 is 27.5. The average molecular weight is 387 g/mol. The monoisotopic (exact) mass is 386 g/mol. The average Bonchev–Trinajstić information content (AvgIpc) is 2.70. The summed E-state index contributed by atoms with van der Waals surface area (Å²) in [4.78, 5) is 12.7. The van der Waals surface area contributed by atoms with Gasteiger partial charge in [-0.05, 0) is 37.0 Å². The van der Waals surface area contributed by atoms with Crippen LogP contribution < -0.4 is 5.32 Å². The van der Waals surface area contributed by atoms with Crippen LogP contribution in [0.15, 0.2) is 65.6 Å². The van der Waals surface area contributed by atoms with Crippen LogP contribution in [0.1, 0.15) is 31.2 Å². The van der Waals surface area contributed by atoms with Gasteiger partial charge in [0.15, 0.2) is 0 Å². The van der Waals surface area contributed by atoms with E-state index >= 15 is 0 Å². The maximum atomic E-state index is 13.0. The van der Waals surface area contributed by atoms with Gasteiger partial charge >= 0.3 is 0 Å². The molecule has 1 atom stereocenters. The molecule has 0 saturated carbocycles. The second-order valence-corrected chi connectivity index (χ2v) is 8.76. The summed E-state index contributed by atoms with van der Waals surface area (Å²) in [6.45, 7) is 1.03. The third kappa shape index (κ3) is 5.17. The summed E-state index contributed by atoms with van der Waals surface area (Å²) in [7, 11) is -3.57. The van der Waals surface area contributed by atoms with Crippen LogP contribution in [0.4, 0.5) is 0 Å². The Balaban J connectivity index is 1.59. The smallest absolute Gasteiger partial charge is 0.243 e. The molecule has 0 bridgehead atoms. The van der Waals surface area contributed by atoms with E-state index in [1.165, 1.54) is 9.87 Å². The van der Waals surface area contributed by atoms with Crippen molar-refractivity contribution in [2.75, 3.05) is 13.1 Å². The van der Waals surface area contributed by atoms with Crippen LogP contribution in [0.2, 0.25) is 0 Å². The molecule has 1 amide bonds. The van der Waals surface area contributed by atoms with Gasteiger partial charge in [-0.25, -0.2) is 8.42 Å². The molecule has 1 N–H and O–H groups in total. The summed E-state index contributed by atoms with van der Waals surface area (Å²) in [6, 6.07) is 18.2. The minimum absolute atomic E-state index is 0.0916. The highest BCUT2D eigenvalue weighted by atomic mass is 32.2. The van der Waals surface area contributed by atoms with Gasteiger partial charge in [0.2, 0.25) is 15.9 Å². The van der Waals surface area contributed by atoms with E-state index in [9.17, 15) is 13.2 Å². The SMILES string of the molecule is O=C(CC1CCCCN1S(=O)(=O)c1ccccc1)NCCc1ccccc1. The molecule has 1 fully saturated rings. The van der Waals surface area contributed by atoms with Gasteiger partial charge < -0.3 is 5.32 Å². The Kier molecular flexibility index (Phi) is 6.63. The molecule has 144 valence electrons. The highest BCUT2D eigenvalue weighted by Crippen LogP contribution is 2.27. The predicted molar refractivity (Wildman–Crippen MR) is 106 cm³/mol. The zero-order valence-corrected chi connectivity index (χ0v) is 16.2. The molecule has 3 rings (SSSR count). The Hall–Kier alpha value is -2.18. The quantitative estimate of drug-likeness (QED) is 0.796. The maximum Gasteiger partial charge on any atom is 0.243 e. The lowest BCUT2D eigenvalue weighted by molar-refractivity contribution is -0.122. The van der Waals surface area contributed by atoms with Crippen molar-refractivity contribution in [1.29, 1.82) is 0 Å². The first-order valence-electron chi connectivity index (χ1n) is 9.45. The molecule has 0 aromatic heterocycles. The summed E-state index contributed by atoms with van der Waals surface area (Å²) in [5.41, 5.74) is 1.17. The van der Waals surface area contributed by atoms with E-state index in [0.717, 1.165) is 25.7 Å². The van der Waals surface area contributed by atoms with Crippen LogP contribution in [-0.2, 0) is 21.2 Å². The Morgan fingerprint density at radius 2 is 1.67 bits per heavy atom. The number of carbonyl (C=O) groups excluding carboxylic acids is 1. The fraction of sp³-hybridized carbons (Fsp3) is 0.381. The summed E-state index contributed by atoms with van der Waals surface area (Å²) in [5.74, 6) is -0.0916. The van der Waals surface area contributed by atoms with Gasteiger partial charge in [0.05, 0.1) is 4.90 Å². The Morgan fingerprint density at radius 3 is 2.37 bits per heavy atom. The lowest BCUT2D eigenvalue weighted by atomic mass is 10.0. The maximum absolute atomic E-state index is 13.0. The van der Waals surface area contributed by atoms with Crippen LogP contribution in [0.3, 0.4) is 0 Å². The lowest BCUT2D eigenvalue weighted by Crippen LogP contribution is -2.46. The number of hydrogen-bond donors (Lipinski definition) is 1. The minimum Gasteiger partial charge on any atom is -0.356 e. The van der Waals surface area contributed by atoms with Crippen LogP contribution in [0.5, 0.6) is 0 Å². The van der Waals surface area contributed by atoms with Gasteiger partial charge in [-0.15, -0.1) is 0 Å². The van der Waals surface area contributed by atoms with E-state index in [1.54, 1.807) is 30.3 Å². The van der Waals surface area contributed by atoms with E-state index in [0.29, 0.717) is 18.0 Å². The number of piperidine rings is 1. The van der Waals surface area contributed by atoms with Crippen LogP contribution in [0.25, 0.3) is 0 Å². The lowest BCUT2D eigenvalue weighted by Gasteiger charge is -2.34. The van der Waals surface area contributed by atoms with Crippen LogP contribution in [-0.4, -0.2) is 37.8 Å². The number of hydrogen-bond acceptors (Lipinski definition) is 3. The molecular formula is C21H26N2O3S. The zero-order valence-electron chi connectivity index (χ0n) is 15.4. The Labute approximate surface area is 161 Å². The molecule has 2 aromatic rings. The summed E-state index contributed by atoms with van der Waals surface area (Å²) in [6.07, 6.45) is 3.48. The van der Waals surface area contributed by atoms with E-state index in [4.69, 9.17) is 0 Å². The standard InChI is InChI=1S/C21H26N2O3S/c24-21(22-15-14-18-9-3-1-4-10-18)17-19-11-7-8-16-23(19)27(25,26)20-12-5-2-6-13-20/h1-6,9-10,12-13,19H,7-8,11,14-17H2,(H,22,24). The van der Waals surface area contributed by atoms with Gasteiger partial charge in [0.1, 0.15) is 0 Å². The molecule has 1 heterocycles. The van der Waals surface area contributed by atoms with E-state index in [1.807, 2.05) is 30.3 Å². The van der Waals surface area contributed by atoms with Crippen LogP contribution in [0, 0.1) is 0 Å². The van der Waals surface area contributed by atoms with Gasteiger partial charge in [-0.2, -0.15) is 4.31 Å². The molecule has 6 heteroatoms. The van der Waals surface area contributed by atoms with Crippen molar-refractivity contribution in [2.45, 2.75) is 43.0 Å². The van der Waals surface area contributed by atoms with Crippen LogP contribution >= 0.6 is 0 Å². The predicted octanol–water partition coefficient (Wildman–Crippen LogP) is 2.98. The Morgan fingerprint density at radius 1 is 1.00 bits per heavy atom. The first-order chi connectivity index (χ1) is 13.1. The van der Waals surface area contributed by atoms with Crippen molar-refractivity contribution in [2.24, 2.45) is 0 Å². The number of amides is 1. The fourth-order valence-corrected chi connectivity index (χ4v) is 5.21. The molecule has 1 aliphatic rings. The minimum atomic E-state index is -3.57. The van der Waals surface area contributed by atoms with E-state index in [-0.39, 0.29) is 18.4 Å². The molecule has 2 aromatic carbocycles. The van der Waals surface area contributed by atoms with Gasteiger partial charge in [-0.3, -0.25) is 4.79 Å². The first kappa shape index (κ1) is 19.6. The highest BCUT2D eigenvalue weighted by molar-refractivity contribution is 7.89. The van der Waals surface area contributed by atoms with Gasteiger partial charge in [0, 0.05) is 25.6 Å². The van der Waals surface area contributed by atoms with Gasteiger partial charge in [0.25, 0.3) is 0 Å². The number of rotatable bonds is 7. The molecule has 1 unspecified atom stereocenters. The molecule has 0 aliphatic carbocycles. The van der Waals surface area contributed by atoms with Crippen molar-refractivity contribution in [3.8, 4) is 0 Å². The number of nitrogens with one attached hydrogen (secondary N) is 1. The molecule has 27 heavy (non-hydrogen) atoms. The number of carbonyl (C=O) groups is 1. The number of benzene rings is 2. The molecule has 1 aliphatic heterocycles. The molecule has 0 radical (unpaired) electrons. The summed E-state index contributed by atoms with van der Waals surface area (Å²) in [5, 5.41) is 2.93. The second-order valence-electron chi connectivity index (χ2n) is 6.87. The van der Waals surface area contributed by atoms with Gasteiger partial charge in [-0.1, -0.05) is 55.0 Å². The van der Waals surface area contributed by atoms with Crippen molar-refractivity contribution in [3.63, 3.8) is 0 Å². The first-order valence-corrected chi connectivity index (χ1v) is 10.9. The highest BCUT2D eigenvalue weighted by Gasteiger charge is 2.34. The molecule has 0 spiro atoms. The number of sulfonamides is 1. The second kappa shape index (κ2) is 9.15. The topological polar surface area (TPSA) is 66.5 Å². The Bertz CT molecular complexity index is 838. The zero-order chi connectivity index (χ0) is 19.1. The number of nitrogens with zero attached hydrogens (tertiary/aromatic N) is 1. The van der Waals surface area contributed by atoms with E-state index < -0.39 is 10.0 Å². The fourth-order valence-electron chi connectivity index (χ4n) is 3.50. The molecule has 1 saturated heterocycles. The molecular weight excluding hydrogens is 360 g/mol. The summed E-state index contributed by atoms with van der Waals surface area (Å²) >= 11 is 0. The molecule has 5 nitrogen and oxygen atoms in total. The largest absolute Gasteiger partial charge is 0.356 e.